The number of rotatable bonds is 8. The molecule has 4 bridgehead atoms. The number of carboxylic acid groups (broad SMARTS) is 1. The van der Waals surface area contributed by atoms with Crippen molar-refractivity contribution in [3.63, 3.8) is 0 Å². The lowest BCUT2D eigenvalue weighted by Crippen LogP contribution is -2.53. The highest BCUT2D eigenvalue weighted by Gasteiger charge is 2.41. The summed E-state index contributed by atoms with van der Waals surface area (Å²) in [5, 5.41) is 11.8. The van der Waals surface area contributed by atoms with Gasteiger partial charge < -0.3 is 28.8 Å². The van der Waals surface area contributed by atoms with Gasteiger partial charge in [0.1, 0.15) is 24.7 Å². The molecule has 0 aliphatic carbocycles. The highest BCUT2D eigenvalue weighted by atomic mass is 16.7. The fraction of sp³-hybridized carbons (Fsp3) is 0.280. The Kier molecular flexibility index (Phi) is 6.69. The van der Waals surface area contributed by atoms with Crippen LogP contribution in [0.2, 0.25) is 0 Å². The minimum atomic E-state index is -1.92. The first-order chi connectivity index (χ1) is 15.2. The second-order valence-electron chi connectivity index (χ2n) is 7.82. The number of hydrogen-bond acceptors (Lipinski definition) is 7. The Bertz CT molecular complexity index is 952. The van der Waals surface area contributed by atoms with E-state index in [0.717, 1.165) is 17.2 Å². The van der Waals surface area contributed by atoms with Gasteiger partial charge in [-0.05, 0) is 35.4 Å². The number of aliphatic carboxylic acids is 1. The van der Waals surface area contributed by atoms with Gasteiger partial charge in [0.2, 0.25) is 0 Å². The lowest BCUT2D eigenvalue weighted by atomic mass is 9.78. The summed E-state index contributed by atoms with van der Waals surface area (Å²) in [6, 6.07) is 14.6. The third-order valence-corrected chi connectivity index (χ3v) is 5.35. The maximum atomic E-state index is 11.8. The van der Waals surface area contributed by atoms with Crippen molar-refractivity contribution in [1.29, 1.82) is 0 Å². The summed E-state index contributed by atoms with van der Waals surface area (Å²) in [5.41, 5.74) is 1.41. The normalized spacial score (nSPS) is 15.4. The smallest absolute Gasteiger partial charge is 0.330 e. The van der Waals surface area contributed by atoms with Crippen molar-refractivity contribution in [3.8, 4) is 11.5 Å². The quantitative estimate of drug-likeness (QED) is 0.356. The third kappa shape index (κ3) is 4.84. The minimum Gasteiger partial charge on any atom is -0.545 e. The van der Waals surface area contributed by atoms with Crippen LogP contribution in [-0.2, 0) is 24.5 Å². The monoisotopic (exact) mass is 437 g/mol. The molecule has 0 unspecified atom stereocenters. The van der Waals surface area contributed by atoms with Crippen LogP contribution in [0.3, 0.4) is 0 Å². The van der Waals surface area contributed by atoms with Crippen molar-refractivity contribution in [3.05, 3.63) is 84.5 Å². The second-order valence-corrected chi connectivity index (χ2v) is 7.82. The Morgan fingerprint density at radius 3 is 1.91 bits per heavy atom. The fourth-order valence-electron chi connectivity index (χ4n) is 3.34. The molecule has 0 spiro atoms. The van der Waals surface area contributed by atoms with Crippen LogP contribution in [0.5, 0.6) is 11.5 Å². The molecule has 0 fully saturated rings. The van der Waals surface area contributed by atoms with E-state index in [1.807, 2.05) is 24.3 Å². The molecular weight excluding hydrogens is 412 g/mol. The van der Waals surface area contributed by atoms with Crippen molar-refractivity contribution in [2.45, 2.75) is 25.0 Å². The first-order valence-electron chi connectivity index (χ1n) is 10.0. The first kappa shape index (κ1) is 23.1. The summed E-state index contributed by atoms with van der Waals surface area (Å²) in [5.74, 6) is -3.33. The number of ether oxygens (including phenoxy) is 4. The summed E-state index contributed by atoms with van der Waals surface area (Å²) in [6.07, 6.45) is 1.03. The first-order valence-corrected chi connectivity index (χ1v) is 10.0. The minimum absolute atomic E-state index is 0.0273. The van der Waals surface area contributed by atoms with E-state index in [-0.39, 0.29) is 25.2 Å². The second kappa shape index (κ2) is 9.28. The lowest BCUT2D eigenvalue weighted by molar-refractivity contribution is -0.303. The van der Waals surface area contributed by atoms with Crippen LogP contribution in [-0.4, -0.2) is 37.5 Å². The van der Waals surface area contributed by atoms with Crippen molar-refractivity contribution in [2.75, 3.05) is 19.8 Å². The Morgan fingerprint density at radius 1 is 0.969 bits per heavy atom. The highest BCUT2D eigenvalue weighted by molar-refractivity contribution is 5.86. The van der Waals surface area contributed by atoms with Crippen LogP contribution in [0.15, 0.2) is 73.3 Å². The van der Waals surface area contributed by atoms with Gasteiger partial charge in [-0.1, -0.05) is 51.3 Å². The van der Waals surface area contributed by atoms with Gasteiger partial charge in [-0.15, -0.1) is 0 Å². The predicted octanol–water partition coefficient (Wildman–Crippen LogP) is 2.53. The van der Waals surface area contributed by atoms with Gasteiger partial charge >= 0.3 is 11.8 Å². The van der Waals surface area contributed by atoms with Crippen LogP contribution in [0, 0.1) is 0 Å². The molecule has 0 aromatic heterocycles. The molecule has 2 aromatic rings. The molecule has 0 saturated carbocycles. The molecule has 7 heteroatoms. The van der Waals surface area contributed by atoms with Gasteiger partial charge in [0.25, 0.3) is 0 Å². The van der Waals surface area contributed by atoms with Crippen LogP contribution in [0.4, 0.5) is 0 Å². The Labute approximate surface area is 186 Å². The van der Waals surface area contributed by atoms with Crippen LogP contribution < -0.4 is 14.6 Å². The zero-order valence-corrected chi connectivity index (χ0v) is 18.1. The highest BCUT2D eigenvalue weighted by Crippen LogP contribution is 2.36. The molecule has 0 saturated heterocycles. The molecule has 4 aliphatic heterocycles. The molecule has 6 rings (SSSR count). The van der Waals surface area contributed by atoms with E-state index < -0.39 is 23.3 Å². The molecule has 0 amide bonds. The number of carbonyl (C=O) groups excluding carboxylic acids is 2. The number of carbonyl (C=O) groups is 2. The molecular formula is C25H25O7-. The molecule has 4 heterocycles. The number of hydrogen-bond donors (Lipinski definition) is 0. The largest absolute Gasteiger partial charge is 0.545 e. The SMILES string of the molecule is C=CC(=O)OCCOCC1(C(=C)C(=O)[O-])Oc2ccc(cc2)C(C)(C)c2ccc(cc2)O1. The van der Waals surface area contributed by atoms with Gasteiger partial charge in [0.15, 0.2) is 0 Å². The summed E-state index contributed by atoms with van der Waals surface area (Å²) in [7, 11) is 0. The van der Waals surface area contributed by atoms with Crippen molar-refractivity contribution in [1.82, 2.24) is 0 Å². The lowest BCUT2D eigenvalue weighted by Gasteiger charge is -2.37. The molecule has 0 N–H and O–H groups in total. The average molecular weight is 437 g/mol. The predicted molar refractivity (Wildman–Crippen MR) is 115 cm³/mol. The van der Waals surface area contributed by atoms with Crippen molar-refractivity contribution < 1.29 is 33.6 Å². The molecule has 0 radical (unpaired) electrons. The molecule has 7 nitrogen and oxygen atoms in total. The molecule has 4 aliphatic rings. The zero-order chi connectivity index (χ0) is 23.4. The molecule has 2 aromatic carbocycles. The standard InChI is InChI=1S/C25H26O7/c1-5-22(26)30-15-14-29-16-25(17(2)23(27)28)31-20-10-6-18(7-11-20)24(3,4)19-8-12-21(32-25)13-9-19/h5-13H,1-2,14-16H2,3-4H3,(H,27,28)/p-1. The number of benzene rings is 2. The van der Waals surface area contributed by atoms with E-state index in [1.165, 1.54) is 0 Å². The Morgan fingerprint density at radius 2 is 1.47 bits per heavy atom. The van der Waals surface area contributed by atoms with Gasteiger partial charge in [0, 0.05) is 11.5 Å². The molecule has 168 valence electrons. The van der Waals surface area contributed by atoms with Gasteiger partial charge in [0.05, 0.1) is 18.1 Å². The number of esters is 1. The molecule has 0 atom stereocenters. The third-order valence-electron chi connectivity index (χ3n) is 5.35. The summed E-state index contributed by atoms with van der Waals surface area (Å²) >= 11 is 0. The maximum absolute atomic E-state index is 11.8. The van der Waals surface area contributed by atoms with Crippen molar-refractivity contribution >= 4 is 11.9 Å². The van der Waals surface area contributed by atoms with E-state index in [4.69, 9.17) is 18.9 Å². The average Bonchev–Trinajstić information content (AvgIpc) is 2.77. The van der Waals surface area contributed by atoms with Gasteiger partial charge in [-0.2, -0.15) is 0 Å². The zero-order valence-electron chi connectivity index (χ0n) is 18.1. The molecule has 32 heavy (non-hydrogen) atoms. The van der Waals surface area contributed by atoms with Crippen LogP contribution >= 0.6 is 0 Å². The van der Waals surface area contributed by atoms with E-state index in [0.29, 0.717) is 11.5 Å². The topological polar surface area (TPSA) is 94.1 Å². The van der Waals surface area contributed by atoms with Crippen molar-refractivity contribution in [2.24, 2.45) is 0 Å². The van der Waals surface area contributed by atoms with E-state index in [2.05, 4.69) is 27.0 Å². The Hall–Kier alpha value is -3.58. The van der Waals surface area contributed by atoms with Gasteiger partial charge in [-0.3, -0.25) is 0 Å². The summed E-state index contributed by atoms with van der Waals surface area (Å²) < 4.78 is 22.5. The van der Waals surface area contributed by atoms with E-state index >= 15 is 0 Å². The summed E-state index contributed by atoms with van der Waals surface area (Å²) in [6.45, 7) is 10.7. The maximum Gasteiger partial charge on any atom is 0.330 e. The fourth-order valence-corrected chi connectivity index (χ4v) is 3.34. The Balaban J connectivity index is 1.96. The van der Waals surface area contributed by atoms with E-state index in [1.54, 1.807) is 24.3 Å². The van der Waals surface area contributed by atoms with E-state index in [9.17, 15) is 14.7 Å². The summed E-state index contributed by atoms with van der Waals surface area (Å²) in [4.78, 5) is 23.0. The van der Waals surface area contributed by atoms with Crippen LogP contribution in [0.1, 0.15) is 25.0 Å². The van der Waals surface area contributed by atoms with Crippen LogP contribution in [0.25, 0.3) is 0 Å². The number of carboxylic acids is 1. The van der Waals surface area contributed by atoms with Gasteiger partial charge in [-0.25, -0.2) is 4.79 Å².